The third-order valence-electron chi connectivity index (χ3n) is 11.2. The molecule has 11 rings (SSSR count). The van der Waals surface area contributed by atoms with E-state index in [4.69, 9.17) is 4.42 Å². The van der Waals surface area contributed by atoms with Crippen LogP contribution in [-0.2, 0) is 0 Å². The lowest BCUT2D eigenvalue weighted by atomic mass is 9.92. The van der Waals surface area contributed by atoms with Crippen LogP contribution >= 0.6 is 0 Å². The van der Waals surface area contributed by atoms with Gasteiger partial charge >= 0.3 is 0 Å². The molecule has 0 amide bonds. The molecule has 0 bridgehead atoms. The van der Waals surface area contributed by atoms with Crippen LogP contribution in [0.2, 0.25) is 0 Å². The molecular formula is C54H35NO. The van der Waals surface area contributed by atoms with Crippen molar-refractivity contribution in [1.29, 1.82) is 0 Å². The summed E-state index contributed by atoms with van der Waals surface area (Å²) in [4.78, 5) is 2.42. The number of fused-ring (bicyclic) bond motifs is 7. The van der Waals surface area contributed by atoms with Gasteiger partial charge < -0.3 is 9.32 Å². The van der Waals surface area contributed by atoms with Gasteiger partial charge in [-0.15, -0.1) is 0 Å². The highest BCUT2D eigenvalue weighted by Gasteiger charge is 2.20. The summed E-state index contributed by atoms with van der Waals surface area (Å²) in [5.41, 5.74) is 12.2. The van der Waals surface area contributed by atoms with E-state index in [1.165, 1.54) is 54.6 Å². The van der Waals surface area contributed by atoms with E-state index in [2.05, 4.69) is 205 Å². The second-order valence-corrected chi connectivity index (χ2v) is 14.5. The van der Waals surface area contributed by atoms with Crippen LogP contribution < -0.4 is 4.90 Å². The van der Waals surface area contributed by atoms with Crippen LogP contribution in [0.25, 0.3) is 87.6 Å². The number of hydrogen-bond acceptors (Lipinski definition) is 2. The fourth-order valence-electron chi connectivity index (χ4n) is 8.60. The average Bonchev–Trinajstić information content (AvgIpc) is 3.65. The van der Waals surface area contributed by atoms with Crippen molar-refractivity contribution in [3.05, 3.63) is 212 Å². The number of rotatable bonds is 6. The largest absolute Gasteiger partial charge is 0.456 e. The number of anilines is 3. The lowest BCUT2D eigenvalue weighted by molar-refractivity contribution is 0.669. The van der Waals surface area contributed by atoms with Crippen molar-refractivity contribution in [2.45, 2.75) is 0 Å². The van der Waals surface area contributed by atoms with E-state index in [1.54, 1.807) is 0 Å². The standard InChI is InChI=1S/C54H35NO/c1-3-18-43-37(13-1)15-12-24-44(43)39-16-11-17-42(33-39)55(41-30-27-36(28-31-41)38-29-32-54-51(34-38)49-23-8-10-26-53(49)56-54)52-25-9-7-22-48(52)50-35-40-14-2-4-19-45(40)46-20-5-6-21-47(46)50/h1-35H. The van der Waals surface area contributed by atoms with Gasteiger partial charge in [0.25, 0.3) is 0 Å². The van der Waals surface area contributed by atoms with Crippen molar-refractivity contribution < 1.29 is 4.42 Å². The van der Waals surface area contributed by atoms with Gasteiger partial charge in [-0.3, -0.25) is 0 Å². The molecule has 0 N–H and O–H groups in total. The monoisotopic (exact) mass is 713 g/mol. The number of benzene rings is 10. The van der Waals surface area contributed by atoms with Crippen LogP contribution in [0.3, 0.4) is 0 Å². The summed E-state index contributed by atoms with van der Waals surface area (Å²) in [6.07, 6.45) is 0. The minimum atomic E-state index is 0.904. The van der Waals surface area contributed by atoms with Crippen LogP contribution in [0.15, 0.2) is 217 Å². The Morgan fingerprint density at radius 3 is 1.79 bits per heavy atom. The van der Waals surface area contributed by atoms with Gasteiger partial charge in [0.1, 0.15) is 11.2 Å². The Labute approximate surface area is 325 Å². The van der Waals surface area contributed by atoms with Crippen LogP contribution in [-0.4, -0.2) is 0 Å². The highest BCUT2D eigenvalue weighted by molar-refractivity contribution is 6.15. The first kappa shape index (κ1) is 32.0. The van der Waals surface area contributed by atoms with Gasteiger partial charge in [-0.25, -0.2) is 0 Å². The predicted molar refractivity (Wildman–Crippen MR) is 237 cm³/mol. The minimum absolute atomic E-state index is 0.904. The van der Waals surface area contributed by atoms with Crippen molar-refractivity contribution >= 4 is 71.3 Å². The zero-order chi connectivity index (χ0) is 37.0. The number of furan rings is 1. The van der Waals surface area contributed by atoms with Gasteiger partial charge in [0.05, 0.1) is 5.69 Å². The Balaban J connectivity index is 1.10. The highest BCUT2D eigenvalue weighted by atomic mass is 16.3. The Hall–Kier alpha value is -7.42. The quantitative estimate of drug-likeness (QED) is 0.160. The Morgan fingerprint density at radius 1 is 0.286 bits per heavy atom. The first-order chi connectivity index (χ1) is 27.8. The summed E-state index contributed by atoms with van der Waals surface area (Å²) in [7, 11) is 0. The van der Waals surface area contributed by atoms with Crippen LogP contribution in [0, 0.1) is 0 Å². The molecule has 0 unspecified atom stereocenters. The van der Waals surface area contributed by atoms with E-state index in [1.807, 2.05) is 12.1 Å². The molecule has 0 radical (unpaired) electrons. The van der Waals surface area contributed by atoms with Crippen LogP contribution in [0.4, 0.5) is 17.1 Å². The fraction of sp³-hybridized carbons (Fsp3) is 0. The number of hydrogen-bond donors (Lipinski definition) is 0. The molecular weight excluding hydrogens is 679 g/mol. The summed E-state index contributed by atoms with van der Waals surface area (Å²) >= 11 is 0. The molecule has 10 aromatic carbocycles. The van der Waals surface area contributed by atoms with Gasteiger partial charge in [0, 0.05) is 27.7 Å². The first-order valence-corrected chi connectivity index (χ1v) is 19.2. The molecule has 0 aliphatic rings. The molecule has 1 heterocycles. The Morgan fingerprint density at radius 2 is 0.911 bits per heavy atom. The van der Waals surface area contributed by atoms with Gasteiger partial charge in [-0.2, -0.15) is 0 Å². The molecule has 56 heavy (non-hydrogen) atoms. The van der Waals surface area contributed by atoms with Crippen molar-refractivity contribution in [3.8, 4) is 33.4 Å². The maximum atomic E-state index is 6.15. The van der Waals surface area contributed by atoms with Crippen molar-refractivity contribution in [2.75, 3.05) is 4.90 Å². The zero-order valence-corrected chi connectivity index (χ0v) is 30.6. The van der Waals surface area contributed by atoms with Crippen LogP contribution in [0.5, 0.6) is 0 Å². The minimum Gasteiger partial charge on any atom is -0.456 e. The molecule has 0 spiro atoms. The smallest absolute Gasteiger partial charge is 0.135 e. The maximum absolute atomic E-state index is 6.15. The van der Waals surface area contributed by atoms with Crippen molar-refractivity contribution in [2.24, 2.45) is 0 Å². The maximum Gasteiger partial charge on any atom is 0.135 e. The van der Waals surface area contributed by atoms with Gasteiger partial charge in [-0.1, -0.05) is 158 Å². The molecule has 0 aliphatic heterocycles. The van der Waals surface area contributed by atoms with E-state index in [9.17, 15) is 0 Å². The Kier molecular flexibility index (Phi) is 7.53. The molecule has 0 fully saturated rings. The molecule has 0 aliphatic carbocycles. The first-order valence-electron chi connectivity index (χ1n) is 19.2. The summed E-state index contributed by atoms with van der Waals surface area (Å²) in [5.74, 6) is 0. The third kappa shape index (κ3) is 5.34. The second kappa shape index (κ2) is 13.2. The van der Waals surface area contributed by atoms with Gasteiger partial charge in [0.2, 0.25) is 0 Å². The molecule has 262 valence electrons. The third-order valence-corrected chi connectivity index (χ3v) is 11.2. The Bertz CT molecular complexity index is 3260. The molecule has 1 aromatic heterocycles. The molecule has 0 atom stereocenters. The van der Waals surface area contributed by atoms with Crippen LogP contribution in [0.1, 0.15) is 0 Å². The number of nitrogens with zero attached hydrogens (tertiary/aromatic N) is 1. The normalized spacial score (nSPS) is 11.6. The average molecular weight is 714 g/mol. The van der Waals surface area contributed by atoms with E-state index in [-0.39, 0.29) is 0 Å². The van der Waals surface area contributed by atoms with E-state index in [0.29, 0.717) is 0 Å². The van der Waals surface area contributed by atoms with Gasteiger partial charge in [0.15, 0.2) is 0 Å². The van der Waals surface area contributed by atoms with E-state index in [0.717, 1.165) is 50.1 Å². The summed E-state index contributed by atoms with van der Waals surface area (Å²) in [6.45, 7) is 0. The molecule has 2 nitrogen and oxygen atoms in total. The molecule has 2 heteroatoms. The molecule has 11 aromatic rings. The lowest BCUT2D eigenvalue weighted by Gasteiger charge is -2.29. The van der Waals surface area contributed by atoms with E-state index >= 15 is 0 Å². The SMILES string of the molecule is c1cc(-c2cccc3ccccc23)cc(N(c2ccc(-c3ccc4oc5ccccc5c4c3)cc2)c2ccccc2-c2cc3ccccc3c3ccccc23)c1. The summed E-state index contributed by atoms with van der Waals surface area (Å²) in [5, 5.41) is 9.73. The van der Waals surface area contributed by atoms with Crippen molar-refractivity contribution in [1.82, 2.24) is 0 Å². The second-order valence-electron chi connectivity index (χ2n) is 14.5. The zero-order valence-electron chi connectivity index (χ0n) is 30.6. The predicted octanol–water partition coefficient (Wildman–Crippen LogP) is 15.5. The van der Waals surface area contributed by atoms with Gasteiger partial charge in [-0.05, 0) is 115 Å². The molecule has 0 saturated heterocycles. The van der Waals surface area contributed by atoms with Crippen molar-refractivity contribution in [3.63, 3.8) is 0 Å². The van der Waals surface area contributed by atoms with E-state index < -0.39 is 0 Å². The fourth-order valence-corrected chi connectivity index (χ4v) is 8.60. The number of para-hydroxylation sites is 2. The summed E-state index contributed by atoms with van der Waals surface area (Å²) in [6, 6.07) is 76.7. The highest BCUT2D eigenvalue weighted by Crippen LogP contribution is 2.45. The topological polar surface area (TPSA) is 16.4 Å². The lowest BCUT2D eigenvalue weighted by Crippen LogP contribution is -2.11. The molecule has 0 saturated carbocycles. The summed E-state index contributed by atoms with van der Waals surface area (Å²) < 4.78 is 6.15.